The van der Waals surface area contributed by atoms with E-state index in [1.54, 1.807) is 20.8 Å². The number of anilines is 1. The number of hydrogen-bond acceptors (Lipinski definition) is 3. The Morgan fingerprint density at radius 3 is 2.50 bits per heavy atom. The highest BCUT2D eigenvalue weighted by Gasteiger charge is 2.18. The van der Waals surface area contributed by atoms with Gasteiger partial charge in [-0.25, -0.2) is 9.18 Å². The van der Waals surface area contributed by atoms with Crippen LogP contribution < -0.4 is 10.1 Å². The molecular formula is C12H15BrFNO3. The zero-order chi connectivity index (χ0) is 13.9. The first-order valence-electron chi connectivity index (χ1n) is 5.26. The lowest BCUT2D eigenvalue weighted by atomic mass is 10.2. The summed E-state index contributed by atoms with van der Waals surface area (Å²) in [6.07, 6.45) is -0.710. The molecule has 1 aromatic rings. The van der Waals surface area contributed by atoms with Crippen molar-refractivity contribution in [3.05, 3.63) is 22.4 Å². The molecule has 1 N–H and O–H groups in total. The van der Waals surface area contributed by atoms with Crippen molar-refractivity contribution in [2.45, 2.75) is 26.4 Å². The summed E-state index contributed by atoms with van der Waals surface area (Å²) >= 11 is 3.21. The van der Waals surface area contributed by atoms with Crippen LogP contribution in [0, 0.1) is 5.82 Å². The van der Waals surface area contributed by atoms with Crippen LogP contribution in [0.3, 0.4) is 0 Å². The van der Waals surface area contributed by atoms with Crippen LogP contribution in [0.2, 0.25) is 0 Å². The molecule has 6 heteroatoms. The van der Waals surface area contributed by atoms with Crippen LogP contribution >= 0.6 is 15.9 Å². The monoisotopic (exact) mass is 319 g/mol. The van der Waals surface area contributed by atoms with Crippen molar-refractivity contribution < 1.29 is 18.7 Å². The van der Waals surface area contributed by atoms with E-state index in [0.717, 1.165) is 0 Å². The highest BCUT2D eigenvalue weighted by atomic mass is 79.9. The molecule has 1 aromatic carbocycles. The first kappa shape index (κ1) is 14.8. The molecule has 100 valence electrons. The molecule has 0 aromatic heterocycles. The van der Waals surface area contributed by atoms with Gasteiger partial charge in [0, 0.05) is 6.07 Å². The van der Waals surface area contributed by atoms with Gasteiger partial charge < -0.3 is 9.47 Å². The Labute approximate surface area is 114 Å². The molecule has 1 rings (SSSR count). The topological polar surface area (TPSA) is 47.6 Å². The summed E-state index contributed by atoms with van der Waals surface area (Å²) in [7, 11) is 1.43. The smallest absolute Gasteiger partial charge is 0.412 e. The second-order valence-electron chi connectivity index (χ2n) is 4.59. The Kier molecular flexibility index (Phi) is 4.56. The predicted molar refractivity (Wildman–Crippen MR) is 70.5 cm³/mol. The third kappa shape index (κ3) is 4.18. The molecule has 0 atom stereocenters. The molecular weight excluding hydrogens is 305 g/mol. The predicted octanol–water partition coefficient (Wildman–Crippen LogP) is 3.94. The summed E-state index contributed by atoms with van der Waals surface area (Å²) in [6, 6.07) is 2.59. The van der Waals surface area contributed by atoms with Crippen molar-refractivity contribution in [3.8, 4) is 5.75 Å². The maximum Gasteiger partial charge on any atom is 0.412 e. The van der Waals surface area contributed by atoms with Crippen molar-refractivity contribution in [2.75, 3.05) is 12.4 Å². The van der Waals surface area contributed by atoms with E-state index in [1.165, 1.54) is 19.2 Å². The number of benzene rings is 1. The lowest BCUT2D eigenvalue weighted by Gasteiger charge is -2.20. The van der Waals surface area contributed by atoms with Gasteiger partial charge in [-0.1, -0.05) is 0 Å². The van der Waals surface area contributed by atoms with Gasteiger partial charge in [-0.15, -0.1) is 0 Å². The summed E-state index contributed by atoms with van der Waals surface area (Å²) in [5, 5.41) is 2.34. The van der Waals surface area contributed by atoms with E-state index in [0.29, 0.717) is 10.2 Å². The molecule has 0 aliphatic heterocycles. The average Bonchev–Trinajstić information content (AvgIpc) is 2.20. The van der Waals surface area contributed by atoms with Gasteiger partial charge in [-0.05, 0) is 42.8 Å². The largest absolute Gasteiger partial charge is 0.495 e. The van der Waals surface area contributed by atoms with Gasteiger partial charge in [0.25, 0.3) is 0 Å². The number of methoxy groups -OCH3 is 1. The Hall–Kier alpha value is -1.30. The number of carbonyl (C=O) groups is 1. The third-order valence-electron chi connectivity index (χ3n) is 1.88. The van der Waals surface area contributed by atoms with Crippen LogP contribution in [-0.2, 0) is 4.74 Å². The quantitative estimate of drug-likeness (QED) is 0.898. The molecule has 0 fully saturated rings. The molecule has 4 nitrogen and oxygen atoms in total. The molecule has 0 radical (unpaired) electrons. The maximum absolute atomic E-state index is 13.6. The molecule has 0 aliphatic carbocycles. The van der Waals surface area contributed by atoms with Crippen LogP contribution in [-0.4, -0.2) is 18.8 Å². The Bertz CT molecular complexity index is 457. The van der Waals surface area contributed by atoms with Gasteiger partial charge in [-0.2, -0.15) is 0 Å². The van der Waals surface area contributed by atoms with Gasteiger partial charge in [0.2, 0.25) is 0 Å². The number of hydrogen-bond donors (Lipinski definition) is 1. The van der Waals surface area contributed by atoms with Gasteiger partial charge in [0.05, 0.1) is 17.3 Å². The van der Waals surface area contributed by atoms with E-state index in [-0.39, 0.29) is 5.69 Å². The summed E-state index contributed by atoms with van der Waals surface area (Å²) in [4.78, 5) is 11.5. The maximum atomic E-state index is 13.6. The number of halogens is 2. The molecule has 0 unspecified atom stereocenters. The standard InChI is InChI=1S/C12H15BrFNO3/c1-12(2,3)18-11(16)15-9-5-7(13)10(17-4)6-8(9)14/h5-6H,1-4H3,(H,15,16). The minimum atomic E-state index is -0.710. The number of nitrogens with one attached hydrogen (secondary N) is 1. The molecule has 0 aliphatic rings. The molecule has 0 saturated heterocycles. The van der Waals surface area contributed by atoms with Crippen LogP contribution in [0.15, 0.2) is 16.6 Å². The van der Waals surface area contributed by atoms with Crippen LogP contribution in [0.5, 0.6) is 5.75 Å². The van der Waals surface area contributed by atoms with Gasteiger partial charge >= 0.3 is 6.09 Å². The zero-order valence-corrected chi connectivity index (χ0v) is 12.2. The first-order chi connectivity index (χ1) is 8.23. The van der Waals surface area contributed by atoms with Crippen molar-refractivity contribution in [1.82, 2.24) is 0 Å². The van der Waals surface area contributed by atoms with E-state index in [1.807, 2.05) is 0 Å². The Morgan fingerprint density at radius 1 is 1.39 bits per heavy atom. The lowest BCUT2D eigenvalue weighted by molar-refractivity contribution is 0.0635. The summed E-state index contributed by atoms with van der Waals surface area (Å²) in [5.41, 5.74) is -0.610. The summed E-state index contributed by atoms with van der Waals surface area (Å²) in [5.74, 6) is -0.247. The van der Waals surface area contributed by atoms with E-state index >= 15 is 0 Å². The van der Waals surface area contributed by atoms with E-state index in [4.69, 9.17) is 9.47 Å². The second kappa shape index (κ2) is 5.56. The second-order valence-corrected chi connectivity index (χ2v) is 5.45. The molecule has 0 saturated carbocycles. The fourth-order valence-corrected chi connectivity index (χ4v) is 1.70. The zero-order valence-electron chi connectivity index (χ0n) is 10.6. The van der Waals surface area contributed by atoms with Gasteiger partial charge in [0.1, 0.15) is 11.4 Å². The van der Waals surface area contributed by atoms with E-state index in [2.05, 4.69) is 21.2 Å². The molecule has 0 heterocycles. The summed E-state index contributed by atoms with van der Waals surface area (Å²) in [6.45, 7) is 5.19. The molecule has 18 heavy (non-hydrogen) atoms. The minimum absolute atomic E-state index is 0.0249. The van der Waals surface area contributed by atoms with Crippen LogP contribution in [0.25, 0.3) is 0 Å². The van der Waals surface area contributed by atoms with Gasteiger partial charge in [0.15, 0.2) is 5.82 Å². The highest BCUT2D eigenvalue weighted by Crippen LogP contribution is 2.30. The average molecular weight is 320 g/mol. The molecule has 0 bridgehead atoms. The Balaban J connectivity index is 2.86. The fraction of sp³-hybridized carbons (Fsp3) is 0.417. The third-order valence-corrected chi connectivity index (χ3v) is 2.50. The van der Waals surface area contributed by atoms with Crippen molar-refractivity contribution >= 4 is 27.7 Å². The number of rotatable bonds is 2. The van der Waals surface area contributed by atoms with Crippen molar-refractivity contribution in [1.29, 1.82) is 0 Å². The number of amides is 1. The van der Waals surface area contributed by atoms with Crippen molar-refractivity contribution in [3.63, 3.8) is 0 Å². The van der Waals surface area contributed by atoms with E-state index < -0.39 is 17.5 Å². The summed E-state index contributed by atoms with van der Waals surface area (Å²) < 4.78 is 24.1. The highest BCUT2D eigenvalue weighted by molar-refractivity contribution is 9.10. The SMILES string of the molecule is COc1cc(F)c(NC(=O)OC(C)(C)C)cc1Br. The lowest BCUT2D eigenvalue weighted by Crippen LogP contribution is -2.27. The van der Waals surface area contributed by atoms with Crippen molar-refractivity contribution in [2.24, 2.45) is 0 Å². The minimum Gasteiger partial charge on any atom is -0.495 e. The molecule has 1 amide bonds. The van der Waals surface area contributed by atoms with E-state index in [9.17, 15) is 9.18 Å². The van der Waals surface area contributed by atoms with Gasteiger partial charge in [-0.3, -0.25) is 5.32 Å². The number of carbonyl (C=O) groups excluding carboxylic acids is 1. The molecule has 0 spiro atoms. The van der Waals surface area contributed by atoms with Crippen LogP contribution in [0.1, 0.15) is 20.8 Å². The first-order valence-corrected chi connectivity index (χ1v) is 6.05. The normalized spacial score (nSPS) is 11.0. The fourth-order valence-electron chi connectivity index (χ4n) is 1.19. The number of ether oxygens (including phenoxy) is 2. The Morgan fingerprint density at radius 2 is 2.00 bits per heavy atom. The van der Waals surface area contributed by atoms with Crippen LogP contribution in [0.4, 0.5) is 14.9 Å².